The molecule has 0 spiro atoms. The SMILES string of the molecule is O=C(NC1(CO)CCCNC1)[C@@H]1C[C@H]1c1cccc2ccccc12. The first-order valence-electron chi connectivity index (χ1n) is 8.84. The average molecular weight is 324 g/mol. The molecule has 24 heavy (non-hydrogen) atoms. The van der Waals surface area contributed by atoms with Gasteiger partial charge in [0.25, 0.3) is 0 Å². The highest BCUT2D eigenvalue weighted by atomic mass is 16.3. The van der Waals surface area contributed by atoms with Gasteiger partial charge in [-0.2, -0.15) is 0 Å². The summed E-state index contributed by atoms with van der Waals surface area (Å²) in [4.78, 5) is 12.7. The number of hydrogen-bond donors (Lipinski definition) is 3. The summed E-state index contributed by atoms with van der Waals surface area (Å²) in [6, 6.07) is 14.7. The monoisotopic (exact) mass is 324 g/mol. The maximum atomic E-state index is 12.7. The van der Waals surface area contributed by atoms with Crippen molar-refractivity contribution in [2.45, 2.75) is 30.7 Å². The summed E-state index contributed by atoms with van der Waals surface area (Å²) in [7, 11) is 0. The summed E-state index contributed by atoms with van der Waals surface area (Å²) in [5.41, 5.74) is 0.786. The smallest absolute Gasteiger partial charge is 0.224 e. The quantitative estimate of drug-likeness (QED) is 0.808. The van der Waals surface area contributed by atoms with Crippen LogP contribution < -0.4 is 10.6 Å². The third kappa shape index (κ3) is 2.80. The predicted octanol–water partition coefficient (Wildman–Crippen LogP) is 2.17. The van der Waals surface area contributed by atoms with Gasteiger partial charge >= 0.3 is 0 Å². The summed E-state index contributed by atoms with van der Waals surface area (Å²) in [6.45, 7) is 1.61. The number of aliphatic hydroxyl groups is 1. The van der Waals surface area contributed by atoms with Crippen molar-refractivity contribution in [1.82, 2.24) is 10.6 Å². The van der Waals surface area contributed by atoms with Crippen LogP contribution in [-0.2, 0) is 4.79 Å². The standard InChI is InChI=1S/C20H24N2O2/c23-13-20(9-4-10-21-12-20)22-19(24)18-11-17(18)16-8-3-6-14-5-1-2-7-15(14)16/h1-3,5-8,17-18,21,23H,4,9-13H2,(H,22,24)/t17-,18+,20?/m0/s1. The first-order chi connectivity index (χ1) is 11.7. The molecule has 4 heteroatoms. The van der Waals surface area contributed by atoms with E-state index in [0.29, 0.717) is 12.5 Å². The predicted molar refractivity (Wildman–Crippen MR) is 94.9 cm³/mol. The second kappa shape index (κ2) is 6.19. The number of fused-ring (bicyclic) bond motifs is 1. The minimum absolute atomic E-state index is 0.00259. The zero-order valence-electron chi connectivity index (χ0n) is 13.8. The number of piperidine rings is 1. The van der Waals surface area contributed by atoms with Crippen LogP contribution in [0.3, 0.4) is 0 Å². The fourth-order valence-electron chi connectivity index (χ4n) is 4.01. The third-order valence-corrected chi connectivity index (χ3v) is 5.51. The van der Waals surface area contributed by atoms with E-state index >= 15 is 0 Å². The number of carbonyl (C=O) groups excluding carboxylic acids is 1. The number of hydrogen-bond acceptors (Lipinski definition) is 3. The molecule has 1 unspecified atom stereocenters. The van der Waals surface area contributed by atoms with Gasteiger partial charge in [-0.25, -0.2) is 0 Å². The highest BCUT2D eigenvalue weighted by Crippen LogP contribution is 2.49. The molecule has 1 saturated heterocycles. The first kappa shape index (κ1) is 15.6. The molecular formula is C20H24N2O2. The largest absolute Gasteiger partial charge is 0.394 e. The Morgan fingerprint density at radius 2 is 2.08 bits per heavy atom. The summed E-state index contributed by atoms with van der Waals surface area (Å²) < 4.78 is 0. The van der Waals surface area contributed by atoms with Gasteiger partial charge in [0.2, 0.25) is 5.91 Å². The van der Waals surface area contributed by atoms with Gasteiger partial charge < -0.3 is 15.7 Å². The van der Waals surface area contributed by atoms with Crippen LogP contribution in [0.2, 0.25) is 0 Å². The fourth-order valence-corrected chi connectivity index (χ4v) is 4.01. The molecule has 1 amide bonds. The molecule has 126 valence electrons. The van der Waals surface area contributed by atoms with E-state index in [4.69, 9.17) is 0 Å². The minimum Gasteiger partial charge on any atom is -0.394 e. The van der Waals surface area contributed by atoms with Crippen molar-refractivity contribution in [3.05, 3.63) is 48.0 Å². The van der Waals surface area contributed by atoms with Crippen molar-refractivity contribution in [1.29, 1.82) is 0 Å². The van der Waals surface area contributed by atoms with Crippen LogP contribution >= 0.6 is 0 Å². The maximum absolute atomic E-state index is 12.7. The Morgan fingerprint density at radius 1 is 1.25 bits per heavy atom. The fraction of sp³-hybridized carbons (Fsp3) is 0.450. The van der Waals surface area contributed by atoms with Gasteiger partial charge in [0.15, 0.2) is 0 Å². The van der Waals surface area contributed by atoms with Crippen molar-refractivity contribution in [2.75, 3.05) is 19.7 Å². The van der Waals surface area contributed by atoms with Crippen LogP contribution in [0, 0.1) is 5.92 Å². The molecule has 1 aliphatic carbocycles. The Morgan fingerprint density at radius 3 is 2.88 bits per heavy atom. The molecule has 4 rings (SSSR count). The van der Waals surface area contributed by atoms with Crippen molar-refractivity contribution >= 4 is 16.7 Å². The van der Waals surface area contributed by atoms with Gasteiger partial charge in [-0.3, -0.25) is 4.79 Å². The van der Waals surface area contributed by atoms with Gasteiger partial charge in [-0.05, 0) is 48.1 Å². The second-order valence-corrected chi connectivity index (χ2v) is 7.23. The maximum Gasteiger partial charge on any atom is 0.224 e. The zero-order valence-corrected chi connectivity index (χ0v) is 13.8. The molecule has 4 nitrogen and oxygen atoms in total. The van der Waals surface area contributed by atoms with Gasteiger partial charge in [-0.1, -0.05) is 42.5 Å². The Hall–Kier alpha value is -1.91. The Balaban J connectivity index is 1.50. The highest BCUT2D eigenvalue weighted by Gasteiger charge is 2.46. The van der Waals surface area contributed by atoms with Gasteiger partial charge in [0.05, 0.1) is 12.1 Å². The lowest BCUT2D eigenvalue weighted by molar-refractivity contribution is -0.125. The molecule has 1 saturated carbocycles. The van der Waals surface area contributed by atoms with E-state index in [1.54, 1.807) is 0 Å². The van der Waals surface area contributed by atoms with E-state index in [1.165, 1.54) is 16.3 Å². The summed E-state index contributed by atoms with van der Waals surface area (Å²) in [6.07, 6.45) is 2.72. The molecule has 0 aromatic heterocycles. The van der Waals surface area contributed by atoms with E-state index < -0.39 is 5.54 Å². The number of aliphatic hydroxyl groups excluding tert-OH is 1. The molecule has 2 aliphatic rings. The number of rotatable bonds is 4. The van der Waals surface area contributed by atoms with Crippen molar-refractivity contribution < 1.29 is 9.90 Å². The molecule has 1 heterocycles. The molecule has 2 aromatic carbocycles. The normalized spacial score (nSPS) is 29.4. The van der Waals surface area contributed by atoms with Crippen molar-refractivity contribution in [3.8, 4) is 0 Å². The minimum atomic E-state index is -0.485. The molecule has 0 radical (unpaired) electrons. The topological polar surface area (TPSA) is 61.4 Å². The zero-order chi connectivity index (χ0) is 16.6. The van der Waals surface area contributed by atoms with Crippen molar-refractivity contribution in [2.24, 2.45) is 5.92 Å². The van der Waals surface area contributed by atoms with Gasteiger partial charge in [0, 0.05) is 12.5 Å². The van der Waals surface area contributed by atoms with Crippen LogP contribution in [0.1, 0.15) is 30.7 Å². The Labute approximate surface area is 142 Å². The van der Waals surface area contributed by atoms with Crippen molar-refractivity contribution in [3.63, 3.8) is 0 Å². The average Bonchev–Trinajstić information content (AvgIpc) is 3.43. The molecule has 0 bridgehead atoms. The summed E-state index contributed by atoms with van der Waals surface area (Å²) >= 11 is 0. The van der Waals surface area contributed by atoms with Crippen LogP contribution in [-0.4, -0.2) is 36.2 Å². The molecule has 3 atom stereocenters. The third-order valence-electron chi connectivity index (χ3n) is 5.51. The first-order valence-corrected chi connectivity index (χ1v) is 8.84. The number of carbonyl (C=O) groups is 1. The van der Waals surface area contributed by atoms with E-state index in [2.05, 4.69) is 47.0 Å². The molecule has 2 aromatic rings. The molecule has 1 aliphatic heterocycles. The lowest BCUT2D eigenvalue weighted by Gasteiger charge is -2.37. The Kier molecular flexibility index (Phi) is 4.02. The van der Waals surface area contributed by atoms with E-state index in [9.17, 15) is 9.90 Å². The van der Waals surface area contributed by atoms with Crippen LogP contribution in [0.5, 0.6) is 0 Å². The van der Waals surface area contributed by atoms with E-state index in [1.807, 2.05) is 6.07 Å². The highest BCUT2D eigenvalue weighted by molar-refractivity contribution is 5.89. The lowest BCUT2D eigenvalue weighted by Crippen LogP contribution is -2.60. The molecular weight excluding hydrogens is 300 g/mol. The van der Waals surface area contributed by atoms with E-state index in [-0.39, 0.29) is 18.4 Å². The van der Waals surface area contributed by atoms with Crippen LogP contribution in [0.25, 0.3) is 10.8 Å². The Bertz CT molecular complexity index is 747. The molecule has 3 N–H and O–H groups in total. The van der Waals surface area contributed by atoms with Crippen LogP contribution in [0.15, 0.2) is 42.5 Å². The number of benzene rings is 2. The van der Waals surface area contributed by atoms with Gasteiger partial charge in [-0.15, -0.1) is 0 Å². The lowest BCUT2D eigenvalue weighted by atomic mass is 9.90. The van der Waals surface area contributed by atoms with E-state index in [0.717, 1.165) is 25.8 Å². The number of nitrogens with one attached hydrogen (secondary N) is 2. The second-order valence-electron chi connectivity index (χ2n) is 7.23. The van der Waals surface area contributed by atoms with Crippen LogP contribution in [0.4, 0.5) is 0 Å². The summed E-state index contributed by atoms with van der Waals surface area (Å²) in [5.74, 6) is 0.412. The summed E-state index contributed by atoms with van der Waals surface area (Å²) in [5, 5.41) is 18.7. The molecule has 2 fully saturated rings. The number of amides is 1. The van der Waals surface area contributed by atoms with Gasteiger partial charge in [0.1, 0.15) is 0 Å².